The van der Waals surface area contributed by atoms with Gasteiger partial charge in [-0.25, -0.2) is 4.39 Å². The number of halogens is 2. The van der Waals surface area contributed by atoms with Crippen molar-refractivity contribution in [2.24, 2.45) is 0 Å². The second-order valence-corrected chi connectivity index (χ2v) is 6.65. The standard InChI is InChI=1S/C18H17BrFN3O2/c19-16-5-4-13(20)11-15(16)18(25)23-9-7-22(8-10-23)17(24)12-14-3-1-2-6-21-14/h1-6,11H,7-10,12H2. The Bertz CT molecular complexity index is 777. The summed E-state index contributed by atoms with van der Waals surface area (Å²) in [5.41, 5.74) is 1.03. The SMILES string of the molecule is O=C(Cc1ccccn1)N1CCN(C(=O)c2cc(F)ccc2Br)CC1. The molecule has 1 fully saturated rings. The summed E-state index contributed by atoms with van der Waals surface area (Å²) in [5, 5.41) is 0. The smallest absolute Gasteiger partial charge is 0.255 e. The van der Waals surface area contributed by atoms with Crippen LogP contribution in [0.3, 0.4) is 0 Å². The van der Waals surface area contributed by atoms with Gasteiger partial charge in [-0.3, -0.25) is 14.6 Å². The predicted octanol–water partition coefficient (Wildman–Crippen LogP) is 2.51. The summed E-state index contributed by atoms with van der Waals surface area (Å²) in [6.07, 6.45) is 1.92. The molecule has 1 aliphatic rings. The van der Waals surface area contributed by atoms with Gasteiger partial charge >= 0.3 is 0 Å². The Kier molecular flexibility index (Phi) is 5.43. The van der Waals surface area contributed by atoms with Gasteiger partial charge in [0.15, 0.2) is 0 Å². The summed E-state index contributed by atoms with van der Waals surface area (Å²) in [7, 11) is 0. The van der Waals surface area contributed by atoms with Gasteiger partial charge in [-0.15, -0.1) is 0 Å². The van der Waals surface area contributed by atoms with Crippen molar-refractivity contribution in [3.05, 3.63) is 64.1 Å². The molecule has 0 aliphatic carbocycles. The Morgan fingerprint density at radius 1 is 1.08 bits per heavy atom. The van der Waals surface area contributed by atoms with Crippen LogP contribution in [0.1, 0.15) is 16.1 Å². The monoisotopic (exact) mass is 405 g/mol. The second-order valence-electron chi connectivity index (χ2n) is 5.80. The average molecular weight is 406 g/mol. The van der Waals surface area contributed by atoms with Crippen LogP contribution in [0, 0.1) is 5.82 Å². The number of rotatable bonds is 3. The summed E-state index contributed by atoms with van der Waals surface area (Å²) in [5.74, 6) is -0.684. The van der Waals surface area contributed by atoms with E-state index in [0.717, 1.165) is 5.69 Å². The van der Waals surface area contributed by atoms with Crippen LogP contribution >= 0.6 is 15.9 Å². The number of amides is 2. The Morgan fingerprint density at radius 2 is 1.80 bits per heavy atom. The lowest BCUT2D eigenvalue weighted by atomic mass is 10.1. The maximum Gasteiger partial charge on any atom is 0.255 e. The molecule has 0 atom stereocenters. The minimum Gasteiger partial charge on any atom is -0.339 e. The molecule has 0 radical (unpaired) electrons. The highest BCUT2D eigenvalue weighted by atomic mass is 79.9. The second kappa shape index (κ2) is 7.74. The van der Waals surface area contributed by atoms with Crippen LogP contribution in [0.25, 0.3) is 0 Å². The molecule has 1 aliphatic heterocycles. The Balaban J connectivity index is 1.59. The quantitative estimate of drug-likeness (QED) is 0.788. The molecule has 25 heavy (non-hydrogen) atoms. The van der Waals surface area contributed by atoms with Crippen LogP contribution in [0.2, 0.25) is 0 Å². The average Bonchev–Trinajstić information content (AvgIpc) is 2.64. The summed E-state index contributed by atoms with van der Waals surface area (Å²) in [6, 6.07) is 9.53. The molecule has 1 aromatic heterocycles. The molecule has 2 heterocycles. The highest BCUT2D eigenvalue weighted by molar-refractivity contribution is 9.10. The van der Waals surface area contributed by atoms with E-state index >= 15 is 0 Å². The number of hydrogen-bond donors (Lipinski definition) is 0. The fraction of sp³-hybridized carbons (Fsp3) is 0.278. The number of hydrogen-bond acceptors (Lipinski definition) is 3. The van der Waals surface area contributed by atoms with Crippen molar-refractivity contribution in [1.29, 1.82) is 0 Å². The highest BCUT2D eigenvalue weighted by Crippen LogP contribution is 2.20. The highest BCUT2D eigenvalue weighted by Gasteiger charge is 2.26. The largest absolute Gasteiger partial charge is 0.339 e. The molecule has 0 unspecified atom stereocenters. The number of aromatic nitrogens is 1. The molecule has 2 aromatic rings. The van der Waals surface area contributed by atoms with E-state index in [-0.39, 0.29) is 18.2 Å². The van der Waals surface area contributed by atoms with E-state index in [2.05, 4.69) is 20.9 Å². The molecule has 5 nitrogen and oxygen atoms in total. The molecule has 2 amide bonds. The minimum atomic E-state index is -0.448. The first-order chi connectivity index (χ1) is 12.0. The molecule has 1 saturated heterocycles. The molecule has 0 saturated carbocycles. The van der Waals surface area contributed by atoms with E-state index in [1.54, 1.807) is 16.0 Å². The van der Waals surface area contributed by atoms with Gasteiger partial charge in [0.2, 0.25) is 5.91 Å². The van der Waals surface area contributed by atoms with Crippen LogP contribution < -0.4 is 0 Å². The van der Waals surface area contributed by atoms with Gasteiger partial charge in [-0.2, -0.15) is 0 Å². The molecular formula is C18H17BrFN3O2. The van der Waals surface area contributed by atoms with Gasteiger partial charge in [0, 0.05) is 42.5 Å². The van der Waals surface area contributed by atoms with E-state index in [1.165, 1.54) is 18.2 Å². The fourth-order valence-electron chi connectivity index (χ4n) is 2.76. The third-order valence-electron chi connectivity index (χ3n) is 4.14. The van der Waals surface area contributed by atoms with Gasteiger partial charge in [-0.1, -0.05) is 6.07 Å². The van der Waals surface area contributed by atoms with Crippen molar-refractivity contribution in [1.82, 2.24) is 14.8 Å². The van der Waals surface area contributed by atoms with Gasteiger partial charge < -0.3 is 9.80 Å². The number of nitrogens with zero attached hydrogens (tertiary/aromatic N) is 3. The first kappa shape index (κ1) is 17.5. The van der Waals surface area contributed by atoms with E-state index in [1.807, 2.05) is 18.2 Å². The van der Waals surface area contributed by atoms with E-state index in [4.69, 9.17) is 0 Å². The van der Waals surface area contributed by atoms with E-state index in [9.17, 15) is 14.0 Å². The molecule has 1 aromatic carbocycles. The zero-order valence-corrected chi connectivity index (χ0v) is 15.1. The predicted molar refractivity (Wildman–Crippen MR) is 94.5 cm³/mol. The van der Waals surface area contributed by atoms with Gasteiger partial charge in [0.05, 0.1) is 12.0 Å². The van der Waals surface area contributed by atoms with Crippen molar-refractivity contribution in [3.63, 3.8) is 0 Å². The summed E-state index contributed by atoms with van der Waals surface area (Å²) < 4.78 is 14.0. The summed E-state index contributed by atoms with van der Waals surface area (Å²) in [6.45, 7) is 1.78. The number of pyridine rings is 1. The van der Waals surface area contributed by atoms with Crippen LogP contribution in [-0.4, -0.2) is 52.8 Å². The Hall–Kier alpha value is -2.28. The van der Waals surface area contributed by atoms with Crippen molar-refractivity contribution < 1.29 is 14.0 Å². The van der Waals surface area contributed by atoms with Crippen molar-refractivity contribution in [2.45, 2.75) is 6.42 Å². The van der Waals surface area contributed by atoms with E-state index in [0.29, 0.717) is 36.2 Å². The third kappa shape index (κ3) is 4.22. The fourth-order valence-corrected chi connectivity index (χ4v) is 3.18. The summed E-state index contributed by atoms with van der Waals surface area (Å²) in [4.78, 5) is 32.4. The molecule has 7 heteroatoms. The van der Waals surface area contributed by atoms with Crippen molar-refractivity contribution in [2.75, 3.05) is 26.2 Å². The van der Waals surface area contributed by atoms with Crippen molar-refractivity contribution >= 4 is 27.7 Å². The van der Waals surface area contributed by atoms with Crippen molar-refractivity contribution in [3.8, 4) is 0 Å². The van der Waals surface area contributed by atoms with Gasteiger partial charge in [0.1, 0.15) is 5.82 Å². The lowest BCUT2D eigenvalue weighted by molar-refractivity contribution is -0.132. The number of carbonyl (C=O) groups is 2. The number of benzene rings is 1. The maximum absolute atomic E-state index is 13.4. The molecule has 0 N–H and O–H groups in total. The number of carbonyl (C=O) groups excluding carboxylic acids is 2. The third-order valence-corrected chi connectivity index (χ3v) is 4.83. The first-order valence-electron chi connectivity index (χ1n) is 7.96. The molecule has 0 spiro atoms. The zero-order chi connectivity index (χ0) is 17.8. The summed E-state index contributed by atoms with van der Waals surface area (Å²) >= 11 is 3.28. The lowest BCUT2D eigenvalue weighted by Crippen LogP contribution is -2.51. The number of piperazine rings is 1. The van der Waals surface area contributed by atoms with Gasteiger partial charge in [-0.05, 0) is 46.3 Å². The minimum absolute atomic E-state index is 0.00210. The Morgan fingerprint density at radius 3 is 2.48 bits per heavy atom. The van der Waals surface area contributed by atoms with E-state index < -0.39 is 5.82 Å². The first-order valence-corrected chi connectivity index (χ1v) is 8.76. The van der Waals surface area contributed by atoms with Crippen LogP contribution in [0.5, 0.6) is 0 Å². The van der Waals surface area contributed by atoms with Crippen LogP contribution in [0.4, 0.5) is 4.39 Å². The van der Waals surface area contributed by atoms with Gasteiger partial charge in [0.25, 0.3) is 5.91 Å². The molecule has 3 rings (SSSR count). The maximum atomic E-state index is 13.4. The molecule has 130 valence electrons. The van der Waals surface area contributed by atoms with Crippen LogP contribution in [0.15, 0.2) is 47.1 Å². The normalized spacial score (nSPS) is 14.5. The zero-order valence-electron chi connectivity index (χ0n) is 13.5. The Labute approximate surface area is 153 Å². The molecular weight excluding hydrogens is 389 g/mol. The topological polar surface area (TPSA) is 53.5 Å². The molecule has 0 bridgehead atoms. The van der Waals surface area contributed by atoms with Crippen LogP contribution in [-0.2, 0) is 11.2 Å². The lowest BCUT2D eigenvalue weighted by Gasteiger charge is -2.35.